The van der Waals surface area contributed by atoms with Crippen LogP contribution >= 0.6 is 0 Å². The van der Waals surface area contributed by atoms with Crippen molar-refractivity contribution in [3.05, 3.63) is 65.9 Å². The molecule has 1 N–H and O–H groups in total. The van der Waals surface area contributed by atoms with Gasteiger partial charge >= 0.3 is 5.97 Å². The Labute approximate surface area is 114 Å². The van der Waals surface area contributed by atoms with Crippen LogP contribution in [0.5, 0.6) is 0 Å². The van der Waals surface area contributed by atoms with E-state index in [-0.39, 0.29) is 17.3 Å². The number of carbonyl (C=O) groups excluding carboxylic acids is 1. The number of rotatable bonds is 2. The summed E-state index contributed by atoms with van der Waals surface area (Å²) in [5.74, 6) is -1.06. The number of anilines is 1. The third kappa shape index (κ3) is 1.68. The summed E-state index contributed by atoms with van der Waals surface area (Å²) >= 11 is 0. The van der Waals surface area contributed by atoms with Gasteiger partial charge in [0.25, 0.3) is 5.91 Å². The van der Waals surface area contributed by atoms with Crippen LogP contribution in [-0.2, 0) is 0 Å². The van der Waals surface area contributed by atoms with Crippen molar-refractivity contribution in [3.63, 3.8) is 0 Å². The lowest BCUT2D eigenvalue weighted by Gasteiger charge is -2.16. The number of carboxylic acid groups (broad SMARTS) is 1. The summed E-state index contributed by atoms with van der Waals surface area (Å²) in [6.07, 6.45) is 1.36. The highest BCUT2D eigenvalue weighted by Crippen LogP contribution is 2.34. The third-order valence-electron chi connectivity index (χ3n) is 3.16. The molecule has 0 saturated heterocycles. The number of fused-ring (bicyclic) bond motifs is 1. The standard InChI is InChI=1S/C15H10N2O3/c1-9-11-4-2-3-5-12(11)14(18)17(9)13-8-10(15(19)20)6-7-16-13/h2-8H,1H2,(H,19,20). The van der Waals surface area contributed by atoms with Crippen molar-refractivity contribution in [2.24, 2.45) is 0 Å². The number of amides is 1. The van der Waals surface area contributed by atoms with E-state index in [1.165, 1.54) is 23.2 Å². The number of nitrogens with zero attached hydrogens (tertiary/aromatic N) is 2. The van der Waals surface area contributed by atoms with E-state index in [9.17, 15) is 9.59 Å². The first kappa shape index (κ1) is 12.1. The minimum atomic E-state index is -1.07. The molecule has 1 amide bonds. The fraction of sp³-hybridized carbons (Fsp3) is 0. The van der Waals surface area contributed by atoms with Gasteiger partial charge in [-0.3, -0.25) is 9.69 Å². The first-order valence-electron chi connectivity index (χ1n) is 5.91. The van der Waals surface area contributed by atoms with E-state index in [1.54, 1.807) is 18.2 Å². The van der Waals surface area contributed by atoms with Crippen LogP contribution in [0.25, 0.3) is 5.70 Å². The summed E-state index contributed by atoms with van der Waals surface area (Å²) in [4.78, 5) is 28.8. The van der Waals surface area contributed by atoms with Gasteiger partial charge in [0.1, 0.15) is 5.82 Å². The maximum absolute atomic E-state index is 12.4. The SMILES string of the molecule is C=C1c2ccccc2C(=O)N1c1cc(C(=O)O)ccn1. The smallest absolute Gasteiger partial charge is 0.335 e. The highest BCUT2D eigenvalue weighted by molar-refractivity contribution is 6.21. The highest BCUT2D eigenvalue weighted by Gasteiger charge is 2.32. The molecule has 1 aliphatic heterocycles. The lowest BCUT2D eigenvalue weighted by atomic mass is 10.1. The third-order valence-corrected chi connectivity index (χ3v) is 3.16. The van der Waals surface area contributed by atoms with Crippen molar-refractivity contribution in [1.82, 2.24) is 4.98 Å². The monoisotopic (exact) mass is 266 g/mol. The Morgan fingerprint density at radius 3 is 2.55 bits per heavy atom. The fourth-order valence-electron chi connectivity index (χ4n) is 2.20. The molecule has 2 aromatic rings. The molecule has 0 fully saturated rings. The molecule has 0 atom stereocenters. The van der Waals surface area contributed by atoms with E-state index in [1.807, 2.05) is 6.07 Å². The number of aromatic carboxylic acids is 1. The van der Waals surface area contributed by atoms with Crippen LogP contribution in [0, 0.1) is 0 Å². The molecular formula is C15H10N2O3. The number of pyridine rings is 1. The number of aromatic nitrogens is 1. The van der Waals surface area contributed by atoms with Gasteiger partial charge in [0, 0.05) is 17.3 Å². The molecular weight excluding hydrogens is 256 g/mol. The van der Waals surface area contributed by atoms with Gasteiger partial charge in [-0.2, -0.15) is 0 Å². The second kappa shape index (κ2) is 4.31. The van der Waals surface area contributed by atoms with Gasteiger partial charge in [-0.05, 0) is 18.2 Å². The fourth-order valence-corrected chi connectivity index (χ4v) is 2.20. The molecule has 5 nitrogen and oxygen atoms in total. The average Bonchev–Trinajstić information content (AvgIpc) is 2.72. The zero-order chi connectivity index (χ0) is 14.3. The van der Waals surface area contributed by atoms with Crippen LogP contribution in [0.15, 0.2) is 49.2 Å². The predicted molar refractivity (Wildman–Crippen MR) is 73.5 cm³/mol. The van der Waals surface area contributed by atoms with Crippen LogP contribution < -0.4 is 4.90 Å². The summed E-state index contributed by atoms with van der Waals surface area (Å²) in [6.45, 7) is 3.90. The first-order chi connectivity index (χ1) is 9.59. The van der Waals surface area contributed by atoms with Crippen molar-refractivity contribution >= 4 is 23.4 Å². The summed E-state index contributed by atoms with van der Waals surface area (Å²) in [7, 11) is 0. The number of benzene rings is 1. The zero-order valence-corrected chi connectivity index (χ0v) is 10.4. The number of carboxylic acids is 1. The summed E-state index contributed by atoms with van der Waals surface area (Å²) < 4.78 is 0. The van der Waals surface area contributed by atoms with Crippen LogP contribution in [0.1, 0.15) is 26.3 Å². The highest BCUT2D eigenvalue weighted by atomic mass is 16.4. The van der Waals surface area contributed by atoms with Gasteiger partial charge in [-0.15, -0.1) is 0 Å². The van der Waals surface area contributed by atoms with Gasteiger partial charge < -0.3 is 5.11 Å². The van der Waals surface area contributed by atoms with Crippen molar-refractivity contribution in [1.29, 1.82) is 0 Å². The first-order valence-corrected chi connectivity index (χ1v) is 5.91. The predicted octanol–water partition coefficient (Wildman–Crippen LogP) is 2.41. The number of carbonyl (C=O) groups is 2. The van der Waals surface area contributed by atoms with E-state index in [0.29, 0.717) is 11.3 Å². The summed E-state index contributed by atoms with van der Waals surface area (Å²) in [5.41, 5.74) is 1.85. The minimum absolute atomic E-state index is 0.0755. The van der Waals surface area contributed by atoms with Crippen molar-refractivity contribution in [2.45, 2.75) is 0 Å². The Hall–Kier alpha value is -2.95. The topological polar surface area (TPSA) is 70.5 Å². The molecule has 20 heavy (non-hydrogen) atoms. The van der Waals surface area contributed by atoms with Crippen LogP contribution in [0.3, 0.4) is 0 Å². The lowest BCUT2D eigenvalue weighted by molar-refractivity contribution is 0.0696. The molecule has 0 spiro atoms. The van der Waals surface area contributed by atoms with Crippen molar-refractivity contribution in [3.8, 4) is 0 Å². The van der Waals surface area contributed by atoms with Crippen LogP contribution in [0.2, 0.25) is 0 Å². The molecule has 2 heterocycles. The second-order valence-electron chi connectivity index (χ2n) is 4.34. The lowest BCUT2D eigenvalue weighted by Crippen LogP contribution is -2.23. The molecule has 1 aliphatic rings. The molecule has 1 aromatic heterocycles. The molecule has 0 saturated carbocycles. The molecule has 1 aromatic carbocycles. The Morgan fingerprint density at radius 1 is 1.20 bits per heavy atom. The van der Waals surface area contributed by atoms with Crippen molar-refractivity contribution in [2.75, 3.05) is 4.90 Å². The maximum atomic E-state index is 12.4. The largest absolute Gasteiger partial charge is 0.478 e. The van der Waals surface area contributed by atoms with Crippen LogP contribution in [-0.4, -0.2) is 22.0 Å². The Kier molecular flexibility index (Phi) is 2.61. The molecule has 0 radical (unpaired) electrons. The second-order valence-corrected chi connectivity index (χ2v) is 4.34. The summed E-state index contributed by atoms with van der Waals surface area (Å²) in [5, 5.41) is 9.00. The maximum Gasteiger partial charge on any atom is 0.335 e. The van der Waals surface area contributed by atoms with Gasteiger partial charge in [-0.1, -0.05) is 24.8 Å². The zero-order valence-electron chi connectivity index (χ0n) is 10.4. The number of hydrogen-bond donors (Lipinski definition) is 1. The van der Waals surface area contributed by atoms with E-state index in [4.69, 9.17) is 5.11 Å². The Bertz CT molecular complexity index is 717. The Balaban J connectivity index is 2.09. The van der Waals surface area contributed by atoms with Crippen LogP contribution in [0.4, 0.5) is 5.82 Å². The summed E-state index contributed by atoms with van der Waals surface area (Å²) in [6, 6.07) is 9.84. The average molecular weight is 266 g/mol. The molecule has 0 bridgehead atoms. The van der Waals surface area contributed by atoms with E-state index < -0.39 is 5.97 Å². The quantitative estimate of drug-likeness (QED) is 0.906. The van der Waals surface area contributed by atoms with E-state index in [0.717, 1.165) is 5.56 Å². The van der Waals surface area contributed by atoms with Gasteiger partial charge in [0.05, 0.1) is 11.3 Å². The van der Waals surface area contributed by atoms with E-state index in [2.05, 4.69) is 11.6 Å². The van der Waals surface area contributed by atoms with Crippen molar-refractivity contribution < 1.29 is 14.7 Å². The molecule has 0 unspecified atom stereocenters. The molecule has 98 valence electrons. The normalized spacial score (nSPS) is 13.5. The van der Waals surface area contributed by atoms with Gasteiger partial charge in [0.2, 0.25) is 0 Å². The van der Waals surface area contributed by atoms with E-state index >= 15 is 0 Å². The Morgan fingerprint density at radius 2 is 1.90 bits per heavy atom. The molecule has 0 aliphatic carbocycles. The molecule has 5 heteroatoms. The molecule has 3 rings (SSSR count). The number of hydrogen-bond acceptors (Lipinski definition) is 3. The van der Waals surface area contributed by atoms with Gasteiger partial charge in [0.15, 0.2) is 0 Å². The van der Waals surface area contributed by atoms with Gasteiger partial charge in [-0.25, -0.2) is 9.78 Å². The minimum Gasteiger partial charge on any atom is -0.478 e.